The number of anilines is 1. The van der Waals surface area contributed by atoms with Crippen molar-refractivity contribution in [2.24, 2.45) is 0 Å². The number of nitrogens with one attached hydrogen (secondary N) is 1. The van der Waals surface area contributed by atoms with Gasteiger partial charge in [0.15, 0.2) is 0 Å². The van der Waals surface area contributed by atoms with E-state index in [0.29, 0.717) is 12.3 Å². The highest BCUT2D eigenvalue weighted by molar-refractivity contribution is 5.81. The number of carbonyl (C=O) groups excluding carboxylic acids is 1. The Hall–Kier alpha value is -3.45. The fourth-order valence-electron chi connectivity index (χ4n) is 4.08. The number of hydrogen-bond donors (Lipinski definition) is 1. The average Bonchev–Trinajstić information content (AvgIpc) is 2.84. The van der Waals surface area contributed by atoms with E-state index in [1.54, 1.807) is 12.1 Å². The smallest absolute Gasteiger partial charge is 0.226 e. The molecule has 4 rings (SSSR count). The van der Waals surface area contributed by atoms with Crippen molar-refractivity contribution in [3.8, 4) is 16.9 Å². The van der Waals surface area contributed by atoms with E-state index in [9.17, 15) is 9.18 Å². The maximum atomic E-state index is 13.3. The second kappa shape index (κ2) is 11.1. The molecule has 0 radical (unpaired) electrons. The molecule has 1 aliphatic heterocycles. The zero-order chi connectivity index (χ0) is 23.9. The molecule has 1 aromatic heterocycles. The van der Waals surface area contributed by atoms with Crippen LogP contribution in [0, 0.1) is 5.82 Å². The lowest BCUT2D eigenvalue weighted by atomic mass is 10.0. The molecule has 3 aromatic rings. The van der Waals surface area contributed by atoms with Gasteiger partial charge in [-0.2, -0.15) is 0 Å². The number of benzene rings is 2. The maximum absolute atomic E-state index is 13.3. The van der Waals surface area contributed by atoms with Gasteiger partial charge in [-0.15, -0.1) is 0 Å². The summed E-state index contributed by atoms with van der Waals surface area (Å²) >= 11 is 0. The first kappa shape index (κ1) is 23.7. The molecule has 1 saturated heterocycles. The number of halogens is 1. The first-order valence-corrected chi connectivity index (χ1v) is 11.7. The van der Waals surface area contributed by atoms with E-state index >= 15 is 0 Å². The van der Waals surface area contributed by atoms with Gasteiger partial charge in [-0.05, 0) is 49.9 Å². The van der Waals surface area contributed by atoms with Crippen LogP contribution in [0.5, 0.6) is 5.75 Å². The fourth-order valence-corrected chi connectivity index (χ4v) is 4.08. The van der Waals surface area contributed by atoms with Gasteiger partial charge in [0.1, 0.15) is 11.6 Å². The molecule has 0 atom stereocenters. The summed E-state index contributed by atoms with van der Waals surface area (Å²) in [6.45, 7) is 6.83. The Morgan fingerprint density at radius 1 is 1.09 bits per heavy atom. The number of likely N-dealkylation sites (N-methyl/N-ethyl adjacent to an activating group) is 1. The van der Waals surface area contributed by atoms with E-state index < -0.39 is 0 Å². The second-order valence-corrected chi connectivity index (χ2v) is 8.52. The standard InChI is InChI=1S/C27H31FN4O2/c1-3-34-24-9-10-25(26(17-24)32-13-11-31(2)12-14-32)21-7-8-23(29-19-21)16-27(33)30-18-20-5-4-6-22(28)15-20/h4-10,15,17,19H,3,11-14,16,18H2,1-2H3,(H,30,33). The molecule has 1 N–H and O–H groups in total. The zero-order valence-corrected chi connectivity index (χ0v) is 19.8. The summed E-state index contributed by atoms with van der Waals surface area (Å²) in [5, 5.41) is 2.82. The normalized spacial score (nSPS) is 14.1. The van der Waals surface area contributed by atoms with Crippen molar-refractivity contribution >= 4 is 11.6 Å². The Morgan fingerprint density at radius 3 is 2.62 bits per heavy atom. The zero-order valence-electron chi connectivity index (χ0n) is 19.8. The van der Waals surface area contributed by atoms with Gasteiger partial charge in [0.2, 0.25) is 5.91 Å². The number of piperazine rings is 1. The SMILES string of the molecule is CCOc1ccc(-c2ccc(CC(=O)NCc3cccc(F)c3)nc2)c(N2CCN(C)CC2)c1. The summed E-state index contributed by atoms with van der Waals surface area (Å²) in [6, 6.07) is 16.3. The van der Waals surface area contributed by atoms with Crippen LogP contribution in [0.25, 0.3) is 11.1 Å². The van der Waals surface area contributed by atoms with Gasteiger partial charge in [-0.3, -0.25) is 9.78 Å². The maximum Gasteiger partial charge on any atom is 0.226 e. The molecule has 178 valence electrons. The summed E-state index contributed by atoms with van der Waals surface area (Å²) in [5.74, 6) is 0.401. The Labute approximate surface area is 200 Å². The van der Waals surface area contributed by atoms with E-state index in [-0.39, 0.29) is 24.7 Å². The minimum absolute atomic E-state index is 0.149. The van der Waals surface area contributed by atoms with Gasteiger partial charge in [0, 0.05) is 67.5 Å². The van der Waals surface area contributed by atoms with Crippen molar-refractivity contribution in [2.45, 2.75) is 19.9 Å². The van der Waals surface area contributed by atoms with E-state index in [0.717, 1.165) is 54.3 Å². The lowest BCUT2D eigenvalue weighted by Crippen LogP contribution is -2.44. The monoisotopic (exact) mass is 462 g/mol. The number of carbonyl (C=O) groups is 1. The highest BCUT2D eigenvalue weighted by Gasteiger charge is 2.19. The molecule has 2 heterocycles. The van der Waals surface area contributed by atoms with Crippen LogP contribution >= 0.6 is 0 Å². The molecule has 0 saturated carbocycles. The number of aromatic nitrogens is 1. The number of amides is 1. The van der Waals surface area contributed by atoms with Crippen molar-refractivity contribution in [3.05, 3.63) is 77.9 Å². The third-order valence-corrected chi connectivity index (χ3v) is 5.98. The minimum atomic E-state index is -0.311. The first-order valence-electron chi connectivity index (χ1n) is 11.7. The molecule has 1 amide bonds. The van der Waals surface area contributed by atoms with E-state index in [1.807, 2.05) is 31.3 Å². The van der Waals surface area contributed by atoms with Crippen LogP contribution in [-0.4, -0.2) is 55.6 Å². The van der Waals surface area contributed by atoms with Gasteiger partial charge in [0.25, 0.3) is 0 Å². The van der Waals surface area contributed by atoms with Crippen LogP contribution < -0.4 is 15.0 Å². The Balaban J connectivity index is 1.45. The molecule has 2 aromatic carbocycles. The highest BCUT2D eigenvalue weighted by atomic mass is 19.1. The van der Waals surface area contributed by atoms with Crippen molar-refractivity contribution in [1.29, 1.82) is 0 Å². The van der Waals surface area contributed by atoms with E-state index in [4.69, 9.17) is 4.74 Å². The molecule has 34 heavy (non-hydrogen) atoms. The second-order valence-electron chi connectivity index (χ2n) is 8.52. The summed E-state index contributed by atoms with van der Waals surface area (Å²) in [6.07, 6.45) is 1.99. The number of nitrogens with zero attached hydrogens (tertiary/aromatic N) is 3. The molecule has 1 aliphatic rings. The van der Waals surface area contributed by atoms with Gasteiger partial charge in [0.05, 0.1) is 13.0 Å². The topological polar surface area (TPSA) is 57.7 Å². The number of hydrogen-bond acceptors (Lipinski definition) is 5. The van der Waals surface area contributed by atoms with Crippen molar-refractivity contribution < 1.29 is 13.9 Å². The largest absolute Gasteiger partial charge is 0.494 e. The van der Waals surface area contributed by atoms with Crippen molar-refractivity contribution in [2.75, 3.05) is 44.7 Å². The molecule has 0 bridgehead atoms. The van der Waals surface area contributed by atoms with Crippen LogP contribution in [0.4, 0.5) is 10.1 Å². The van der Waals surface area contributed by atoms with E-state index in [2.05, 4.69) is 39.3 Å². The lowest BCUT2D eigenvalue weighted by molar-refractivity contribution is -0.120. The summed E-state index contributed by atoms with van der Waals surface area (Å²) < 4.78 is 19.1. The van der Waals surface area contributed by atoms with E-state index in [1.165, 1.54) is 12.1 Å². The van der Waals surface area contributed by atoms with Crippen LogP contribution in [0.15, 0.2) is 60.8 Å². The van der Waals surface area contributed by atoms with Gasteiger partial charge in [-0.25, -0.2) is 4.39 Å². The predicted molar refractivity (Wildman–Crippen MR) is 133 cm³/mol. The van der Waals surface area contributed by atoms with Crippen molar-refractivity contribution in [1.82, 2.24) is 15.2 Å². The molecule has 0 spiro atoms. The number of rotatable bonds is 8. The Morgan fingerprint density at radius 2 is 1.91 bits per heavy atom. The molecule has 0 unspecified atom stereocenters. The molecule has 1 fully saturated rings. The summed E-state index contributed by atoms with van der Waals surface area (Å²) in [5.41, 5.74) is 4.65. The third-order valence-electron chi connectivity index (χ3n) is 5.98. The summed E-state index contributed by atoms with van der Waals surface area (Å²) in [7, 11) is 2.14. The van der Waals surface area contributed by atoms with Crippen molar-refractivity contribution in [3.63, 3.8) is 0 Å². The lowest BCUT2D eigenvalue weighted by Gasteiger charge is -2.35. The van der Waals surface area contributed by atoms with Crippen LogP contribution in [0.1, 0.15) is 18.2 Å². The fraction of sp³-hybridized carbons (Fsp3) is 0.333. The van der Waals surface area contributed by atoms with Crippen LogP contribution in [-0.2, 0) is 17.8 Å². The molecule has 7 heteroatoms. The van der Waals surface area contributed by atoms with Crippen LogP contribution in [0.3, 0.4) is 0 Å². The Kier molecular flexibility index (Phi) is 7.75. The molecular weight excluding hydrogens is 431 g/mol. The van der Waals surface area contributed by atoms with Crippen LogP contribution in [0.2, 0.25) is 0 Å². The Bertz CT molecular complexity index is 1110. The third kappa shape index (κ3) is 6.11. The minimum Gasteiger partial charge on any atom is -0.494 e. The average molecular weight is 463 g/mol. The predicted octanol–water partition coefficient (Wildman–Crippen LogP) is 3.90. The highest BCUT2D eigenvalue weighted by Crippen LogP contribution is 2.34. The quantitative estimate of drug-likeness (QED) is 0.550. The molecule has 0 aliphatic carbocycles. The number of ether oxygens (including phenoxy) is 1. The molecule has 6 nitrogen and oxygen atoms in total. The molecular formula is C27H31FN4O2. The van der Waals surface area contributed by atoms with Gasteiger partial charge < -0.3 is 19.9 Å². The number of pyridine rings is 1. The summed E-state index contributed by atoms with van der Waals surface area (Å²) in [4.78, 5) is 21.6. The first-order chi connectivity index (χ1) is 16.5. The van der Waals surface area contributed by atoms with Gasteiger partial charge in [-0.1, -0.05) is 18.2 Å². The van der Waals surface area contributed by atoms with Gasteiger partial charge >= 0.3 is 0 Å².